The molecule has 0 aliphatic carbocycles. The van der Waals surface area contributed by atoms with Crippen molar-refractivity contribution in [2.75, 3.05) is 17.3 Å². The van der Waals surface area contributed by atoms with Crippen LogP contribution in [0.2, 0.25) is 0 Å². The van der Waals surface area contributed by atoms with Crippen molar-refractivity contribution in [3.8, 4) is 5.88 Å². The van der Waals surface area contributed by atoms with Crippen molar-refractivity contribution >= 4 is 35.7 Å². The average molecular weight is 380 g/mol. The average Bonchev–Trinajstić information content (AvgIpc) is 2.96. The molecule has 26 heavy (non-hydrogen) atoms. The molecule has 0 fully saturated rings. The first-order chi connectivity index (χ1) is 12.2. The predicted octanol–water partition coefficient (Wildman–Crippen LogP) is 3.77. The fourth-order valence-corrected chi connectivity index (χ4v) is 2.64. The van der Waals surface area contributed by atoms with Gasteiger partial charge < -0.3 is 14.7 Å². The first-order valence-electron chi connectivity index (χ1n) is 8.69. The number of anilines is 1. The molecule has 0 bridgehead atoms. The molecule has 0 aromatic carbocycles. The molecule has 1 aliphatic heterocycles. The van der Waals surface area contributed by atoms with Gasteiger partial charge in [0.25, 0.3) is 0 Å². The molecule has 0 radical (unpaired) electrons. The summed E-state index contributed by atoms with van der Waals surface area (Å²) < 4.78 is 5.45. The van der Waals surface area contributed by atoms with Gasteiger partial charge in [-0.15, -0.1) is 11.6 Å². The van der Waals surface area contributed by atoms with Gasteiger partial charge in [-0.1, -0.05) is 0 Å². The number of aromatic hydroxyl groups is 1. The number of carbonyl (C=O) groups is 1. The fourth-order valence-electron chi connectivity index (χ4n) is 2.51. The van der Waals surface area contributed by atoms with E-state index >= 15 is 0 Å². The second-order valence-corrected chi connectivity index (χ2v) is 7.69. The molecule has 6 nitrogen and oxygen atoms in total. The van der Waals surface area contributed by atoms with Crippen LogP contribution in [0.4, 0.5) is 5.69 Å². The standard InChI is InChI=1S/C19H26ClN3O3/c1-13-11-23(12-21-13)16-8-7-15(22-17(16)24)10-14(6-5-9-20)18(25)26-19(2,3)4/h7-8,10,12-13H,5-6,9,11H2,1-4H3,(H,22,24)/b14-10+. The lowest BCUT2D eigenvalue weighted by Crippen LogP contribution is -2.25. The molecule has 2 rings (SSSR count). The lowest BCUT2D eigenvalue weighted by Gasteiger charge is -2.20. The highest BCUT2D eigenvalue weighted by Gasteiger charge is 2.21. The molecule has 1 aliphatic rings. The Bertz CT molecular complexity index is 710. The molecule has 142 valence electrons. The molecular weight excluding hydrogens is 354 g/mol. The Morgan fingerprint density at radius 3 is 2.73 bits per heavy atom. The SMILES string of the molecule is CC1CN(c2ccc(/C=C(\CCCCl)C(=O)OC(C)(C)C)nc2O)C=N1. The quantitative estimate of drug-likeness (QED) is 0.462. The zero-order valence-electron chi connectivity index (χ0n) is 15.7. The molecule has 1 atom stereocenters. The third-order valence-electron chi connectivity index (χ3n) is 3.67. The van der Waals surface area contributed by atoms with Crippen molar-refractivity contribution in [2.45, 2.75) is 52.2 Å². The molecular formula is C19H26ClN3O3. The molecule has 0 spiro atoms. The Labute approximate surface area is 159 Å². The van der Waals surface area contributed by atoms with E-state index in [9.17, 15) is 9.90 Å². The van der Waals surface area contributed by atoms with Crippen LogP contribution in [0, 0.1) is 0 Å². The number of carbonyl (C=O) groups excluding carboxylic acids is 1. The Morgan fingerprint density at radius 1 is 1.46 bits per heavy atom. The summed E-state index contributed by atoms with van der Waals surface area (Å²) in [7, 11) is 0. The normalized spacial score (nSPS) is 17.7. The van der Waals surface area contributed by atoms with E-state index in [2.05, 4.69) is 9.98 Å². The molecule has 1 unspecified atom stereocenters. The second-order valence-electron chi connectivity index (χ2n) is 7.31. The zero-order chi connectivity index (χ0) is 19.3. The van der Waals surface area contributed by atoms with Gasteiger partial charge in [-0.2, -0.15) is 0 Å². The maximum atomic E-state index is 12.4. The number of hydrogen-bond donors (Lipinski definition) is 1. The van der Waals surface area contributed by atoms with Gasteiger partial charge in [0.1, 0.15) is 11.3 Å². The number of alkyl halides is 1. The van der Waals surface area contributed by atoms with Crippen LogP contribution in [-0.2, 0) is 9.53 Å². The summed E-state index contributed by atoms with van der Waals surface area (Å²) in [6, 6.07) is 3.71. The number of rotatable bonds is 6. The van der Waals surface area contributed by atoms with Crippen molar-refractivity contribution in [1.29, 1.82) is 0 Å². The molecule has 0 amide bonds. The number of esters is 1. The maximum absolute atomic E-state index is 12.4. The van der Waals surface area contributed by atoms with Crippen LogP contribution in [0.15, 0.2) is 22.7 Å². The van der Waals surface area contributed by atoms with Gasteiger partial charge in [-0.3, -0.25) is 4.99 Å². The highest BCUT2D eigenvalue weighted by atomic mass is 35.5. The van der Waals surface area contributed by atoms with E-state index in [0.717, 1.165) is 0 Å². The zero-order valence-corrected chi connectivity index (χ0v) is 16.5. The maximum Gasteiger partial charge on any atom is 0.334 e. The number of aliphatic imine (C=N–C) groups is 1. The fraction of sp³-hybridized carbons (Fsp3) is 0.526. The summed E-state index contributed by atoms with van der Waals surface area (Å²) in [5.74, 6) is -0.0433. The number of nitrogens with zero attached hydrogens (tertiary/aromatic N) is 3. The van der Waals surface area contributed by atoms with E-state index in [0.29, 0.717) is 42.2 Å². The van der Waals surface area contributed by atoms with Crippen LogP contribution in [0.5, 0.6) is 5.88 Å². The van der Waals surface area contributed by atoms with Gasteiger partial charge in [0.05, 0.1) is 18.1 Å². The number of hydrogen-bond acceptors (Lipinski definition) is 6. The van der Waals surface area contributed by atoms with Crippen molar-refractivity contribution in [2.24, 2.45) is 4.99 Å². The largest absolute Gasteiger partial charge is 0.492 e. The van der Waals surface area contributed by atoms with Crippen LogP contribution < -0.4 is 4.90 Å². The Hall–Kier alpha value is -2.08. The molecule has 1 aromatic rings. The van der Waals surface area contributed by atoms with Crippen molar-refractivity contribution in [1.82, 2.24) is 4.98 Å². The Kier molecular flexibility index (Phi) is 6.64. The minimum atomic E-state index is -0.581. The molecule has 1 N–H and O–H groups in total. The van der Waals surface area contributed by atoms with Crippen LogP contribution in [0.1, 0.15) is 46.2 Å². The van der Waals surface area contributed by atoms with Crippen molar-refractivity contribution in [3.05, 3.63) is 23.4 Å². The lowest BCUT2D eigenvalue weighted by molar-refractivity contribution is -0.149. The van der Waals surface area contributed by atoms with Crippen LogP contribution in [0.3, 0.4) is 0 Å². The number of ether oxygens (including phenoxy) is 1. The van der Waals surface area contributed by atoms with E-state index in [1.54, 1.807) is 24.5 Å². The number of halogens is 1. The van der Waals surface area contributed by atoms with Gasteiger partial charge >= 0.3 is 5.97 Å². The molecule has 1 aromatic heterocycles. The molecule has 0 saturated carbocycles. The third kappa shape index (κ3) is 5.73. The summed E-state index contributed by atoms with van der Waals surface area (Å²) in [4.78, 5) is 22.7. The molecule has 2 heterocycles. The molecule has 0 saturated heterocycles. The van der Waals surface area contributed by atoms with Gasteiger partial charge in [0.15, 0.2) is 0 Å². The Morgan fingerprint density at radius 2 is 2.19 bits per heavy atom. The van der Waals surface area contributed by atoms with Crippen molar-refractivity contribution < 1.29 is 14.6 Å². The van der Waals surface area contributed by atoms with E-state index in [1.165, 1.54) is 0 Å². The van der Waals surface area contributed by atoms with Gasteiger partial charge in [-0.25, -0.2) is 9.78 Å². The predicted molar refractivity (Wildman–Crippen MR) is 105 cm³/mol. The van der Waals surface area contributed by atoms with Crippen LogP contribution in [0.25, 0.3) is 6.08 Å². The minimum Gasteiger partial charge on any atom is -0.492 e. The summed E-state index contributed by atoms with van der Waals surface area (Å²) in [5, 5.41) is 10.3. The molecule has 7 heteroatoms. The first-order valence-corrected chi connectivity index (χ1v) is 9.23. The van der Waals surface area contributed by atoms with E-state index in [-0.39, 0.29) is 11.9 Å². The number of pyridine rings is 1. The highest BCUT2D eigenvalue weighted by molar-refractivity contribution is 6.17. The third-order valence-corrected chi connectivity index (χ3v) is 3.94. The van der Waals surface area contributed by atoms with Gasteiger partial charge in [-0.05, 0) is 58.7 Å². The summed E-state index contributed by atoms with van der Waals surface area (Å²) >= 11 is 5.76. The Balaban J connectivity index is 2.23. The van der Waals surface area contributed by atoms with E-state index in [1.807, 2.05) is 32.6 Å². The first kappa shape index (κ1) is 20.2. The second kappa shape index (κ2) is 8.54. The van der Waals surface area contributed by atoms with E-state index < -0.39 is 11.6 Å². The smallest absolute Gasteiger partial charge is 0.334 e. The van der Waals surface area contributed by atoms with Crippen molar-refractivity contribution in [3.63, 3.8) is 0 Å². The van der Waals surface area contributed by atoms with Crippen LogP contribution in [-0.4, -0.2) is 46.5 Å². The summed E-state index contributed by atoms with van der Waals surface area (Å²) in [6.07, 6.45) is 4.48. The van der Waals surface area contributed by atoms with Crippen LogP contribution >= 0.6 is 11.6 Å². The summed E-state index contributed by atoms with van der Waals surface area (Å²) in [5.41, 5.74) is 0.986. The topological polar surface area (TPSA) is 75.0 Å². The van der Waals surface area contributed by atoms with E-state index in [4.69, 9.17) is 16.3 Å². The van der Waals surface area contributed by atoms with Gasteiger partial charge in [0.2, 0.25) is 5.88 Å². The van der Waals surface area contributed by atoms with Gasteiger partial charge in [0, 0.05) is 18.0 Å². The minimum absolute atomic E-state index is 0.0971. The highest BCUT2D eigenvalue weighted by Crippen LogP contribution is 2.27. The number of aromatic nitrogens is 1. The summed E-state index contributed by atoms with van der Waals surface area (Å²) in [6.45, 7) is 8.16. The monoisotopic (exact) mass is 379 g/mol. The lowest BCUT2D eigenvalue weighted by atomic mass is 10.1.